The molecule has 134 valence electrons. The van der Waals surface area contributed by atoms with E-state index in [1.807, 2.05) is 16.8 Å². The van der Waals surface area contributed by atoms with Crippen LogP contribution in [0.4, 0.5) is 5.82 Å². The number of piperidine rings is 1. The second-order valence-electron chi connectivity index (χ2n) is 7.10. The van der Waals surface area contributed by atoms with Crippen LogP contribution in [0.15, 0.2) is 18.2 Å². The fourth-order valence-corrected chi connectivity index (χ4v) is 4.53. The van der Waals surface area contributed by atoms with Crippen LogP contribution in [0.5, 0.6) is 0 Å². The lowest BCUT2D eigenvalue weighted by Crippen LogP contribution is -2.30. The topological polar surface area (TPSA) is 33.1 Å². The Morgan fingerprint density at radius 3 is 2.84 bits per heavy atom. The molecule has 2 aromatic rings. The molecule has 1 aromatic carbocycles. The number of aromatic nitrogens is 2. The van der Waals surface area contributed by atoms with E-state index < -0.39 is 0 Å². The van der Waals surface area contributed by atoms with Gasteiger partial charge < -0.3 is 5.32 Å². The van der Waals surface area contributed by atoms with Gasteiger partial charge in [0.05, 0.1) is 22.4 Å². The lowest BCUT2D eigenvalue weighted by Gasteiger charge is -2.31. The van der Waals surface area contributed by atoms with Crippen molar-refractivity contribution >= 4 is 29.0 Å². The molecule has 6 heteroatoms. The number of nitrogens with zero attached hydrogens (tertiary/aromatic N) is 3. The molecule has 2 aliphatic rings. The highest BCUT2D eigenvalue weighted by atomic mass is 35.5. The summed E-state index contributed by atoms with van der Waals surface area (Å²) in [5, 5.41) is 9.93. The summed E-state index contributed by atoms with van der Waals surface area (Å²) in [5.41, 5.74) is 3.47. The van der Waals surface area contributed by atoms with Crippen molar-refractivity contribution in [2.24, 2.45) is 0 Å². The van der Waals surface area contributed by atoms with Gasteiger partial charge in [-0.2, -0.15) is 5.10 Å². The van der Waals surface area contributed by atoms with E-state index in [2.05, 4.69) is 17.3 Å². The Morgan fingerprint density at radius 2 is 2.04 bits per heavy atom. The van der Waals surface area contributed by atoms with Crippen LogP contribution in [0.3, 0.4) is 0 Å². The van der Waals surface area contributed by atoms with Gasteiger partial charge in [0.2, 0.25) is 0 Å². The summed E-state index contributed by atoms with van der Waals surface area (Å²) in [7, 11) is 2.22. The molecule has 0 bridgehead atoms. The molecule has 0 radical (unpaired) electrons. The minimum atomic E-state index is 0.398. The van der Waals surface area contributed by atoms with Gasteiger partial charge >= 0.3 is 0 Å². The van der Waals surface area contributed by atoms with Gasteiger partial charge in [0.25, 0.3) is 0 Å². The van der Waals surface area contributed by atoms with E-state index in [-0.39, 0.29) is 0 Å². The normalized spacial score (nSPS) is 21.5. The Bertz CT molecular complexity index is 771. The molecule has 1 atom stereocenters. The van der Waals surface area contributed by atoms with Crippen LogP contribution < -0.4 is 5.32 Å². The van der Waals surface area contributed by atoms with Gasteiger partial charge in [0.1, 0.15) is 5.82 Å². The fraction of sp³-hybridized carbons (Fsp3) is 0.526. The zero-order valence-corrected chi connectivity index (χ0v) is 16.1. The summed E-state index contributed by atoms with van der Waals surface area (Å²) < 4.78 is 2.00. The van der Waals surface area contributed by atoms with E-state index in [4.69, 9.17) is 28.3 Å². The maximum Gasteiger partial charge on any atom is 0.133 e. The van der Waals surface area contributed by atoms with Crippen LogP contribution in [0.2, 0.25) is 10.0 Å². The SMILES string of the molecule is CN1CCCCC1c1nn(-c2ccc(Cl)cc2Cl)c2c1CCCCN2. The largest absolute Gasteiger partial charge is 0.370 e. The molecule has 0 spiro atoms. The Morgan fingerprint density at radius 1 is 1.16 bits per heavy atom. The number of hydrogen-bond acceptors (Lipinski definition) is 3. The summed E-state index contributed by atoms with van der Waals surface area (Å²) in [6.45, 7) is 2.12. The molecule has 1 aromatic heterocycles. The maximum atomic E-state index is 6.49. The molecule has 1 N–H and O–H groups in total. The molecule has 1 fully saturated rings. The number of fused-ring (bicyclic) bond motifs is 1. The zero-order valence-electron chi connectivity index (χ0n) is 14.6. The summed E-state index contributed by atoms with van der Waals surface area (Å²) in [5.74, 6) is 1.11. The van der Waals surface area contributed by atoms with Crippen LogP contribution in [-0.4, -0.2) is 34.8 Å². The zero-order chi connectivity index (χ0) is 17.4. The first-order chi connectivity index (χ1) is 12.1. The predicted molar refractivity (Wildman–Crippen MR) is 104 cm³/mol. The highest BCUT2D eigenvalue weighted by Gasteiger charge is 2.30. The van der Waals surface area contributed by atoms with Gasteiger partial charge in [-0.05, 0) is 63.9 Å². The van der Waals surface area contributed by atoms with Crippen LogP contribution >= 0.6 is 23.2 Å². The van der Waals surface area contributed by atoms with Crippen molar-refractivity contribution in [2.45, 2.75) is 44.6 Å². The smallest absolute Gasteiger partial charge is 0.133 e. The number of rotatable bonds is 2. The number of hydrogen-bond donors (Lipinski definition) is 1. The van der Waals surface area contributed by atoms with E-state index in [0.717, 1.165) is 31.0 Å². The Balaban J connectivity index is 1.84. The van der Waals surface area contributed by atoms with Gasteiger partial charge in [-0.1, -0.05) is 29.6 Å². The molecular weight excluding hydrogens is 355 g/mol. The summed E-state index contributed by atoms with van der Waals surface area (Å²) >= 11 is 12.6. The number of likely N-dealkylation sites (tertiary alicyclic amines) is 1. The van der Waals surface area contributed by atoms with Gasteiger partial charge in [-0.25, -0.2) is 4.68 Å². The van der Waals surface area contributed by atoms with E-state index >= 15 is 0 Å². The van der Waals surface area contributed by atoms with E-state index in [0.29, 0.717) is 16.1 Å². The minimum Gasteiger partial charge on any atom is -0.370 e. The third-order valence-electron chi connectivity index (χ3n) is 5.38. The molecule has 4 rings (SSSR count). The lowest BCUT2D eigenvalue weighted by molar-refractivity contribution is 0.182. The molecule has 0 aliphatic carbocycles. The second kappa shape index (κ2) is 7.18. The molecule has 25 heavy (non-hydrogen) atoms. The average Bonchev–Trinajstić information content (AvgIpc) is 2.78. The van der Waals surface area contributed by atoms with Crippen molar-refractivity contribution in [1.29, 1.82) is 0 Å². The van der Waals surface area contributed by atoms with Crippen molar-refractivity contribution < 1.29 is 0 Å². The van der Waals surface area contributed by atoms with Crippen LogP contribution in [-0.2, 0) is 6.42 Å². The highest BCUT2D eigenvalue weighted by Crippen LogP contribution is 2.38. The average molecular weight is 379 g/mol. The van der Waals surface area contributed by atoms with E-state index in [1.54, 1.807) is 6.07 Å². The lowest BCUT2D eigenvalue weighted by atomic mass is 9.96. The van der Waals surface area contributed by atoms with E-state index in [1.165, 1.54) is 43.4 Å². The molecule has 1 saturated heterocycles. The minimum absolute atomic E-state index is 0.398. The molecule has 1 unspecified atom stereocenters. The van der Waals surface area contributed by atoms with Gasteiger partial charge in [-0.15, -0.1) is 0 Å². The summed E-state index contributed by atoms with van der Waals surface area (Å²) in [4.78, 5) is 2.45. The van der Waals surface area contributed by atoms with Crippen LogP contribution in [0.25, 0.3) is 5.69 Å². The Kier molecular flexibility index (Phi) is 4.94. The molecule has 0 saturated carbocycles. The number of halogens is 2. The second-order valence-corrected chi connectivity index (χ2v) is 7.94. The predicted octanol–water partition coefficient (Wildman–Crippen LogP) is 5.08. The quantitative estimate of drug-likeness (QED) is 0.790. The van der Waals surface area contributed by atoms with Crippen LogP contribution in [0.1, 0.15) is 49.4 Å². The summed E-state index contributed by atoms with van der Waals surface area (Å²) in [6.07, 6.45) is 7.18. The van der Waals surface area contributed by atoms with Crippen molar-refractivity contribution in [3.63, 3.8) is 0 Å². The van der Waals surface area contributed by atoms with Crippen LogP contribution in [0, 0.1) is 0 Å². The van der Waals surface area contributed by atoms with Crippen molar-refractivity contribution in [1.82, 2.24) is 14.7 Å². The van der Waals surface area contributed by atoms with Crippen molar-refractivity contribution in [2.75, 3.05) is 25.5 Å². The van der Waals surface area contributed by atoms with Gasteiger partial charge in [0.15, 0.2) is 0 Å². The molecule has 2 aliphatic heterocycles. The molecule has 3 heterocycles. The highest BCUT2D eigenvalue weighted by molar-refractivity contribution is 6.35. The number of anilines is 1. The first-order valence-electron chi connectivity index (χ1n) is 9.16. The molecule has 0 amide bonds. The maximum absolute atomic E-state index is 6.49. The van der Waals surface area contributed by atoms with Gasteiger partial charge in [-0.3, -0.25) is 4.90 Å². The molecule has 4 nitrogen and oxygen atoms in total. The third-order valence-corrected chi connectivity index (χ3v) is 5.92. The number of benzene rings is 1. The third kappa shape index (κ3) is 3.27. The van der Waals surface area contributed by atoms with Crippen molar-refractivity contribution in [3.8, 4) is 5.69 Å². The number of nitrogens with one attached hydrogen (secondary N) is 1. The fourth-order valence-electron chi connectivity index (χ4n) is 4.04. The van der Waals surface area contributed by atoms with Gasteiger partial charge in [0, 0.05) is 17.1 Å². The summed E-state index contributed by atoms with van der Waals surface area (Å²) in [6, 6.07) is 6.02. The molecular formula is C19H24Cl2N4. The Hall–Kier alpha value is -1.23. The monoisotopic (exact) mass is 378 g/mol. The standard InChI is InChI=1S/C19H24Cl2N4/c1-24-11-5-3-7-17(24)18-14-6-2-4-10-22-19(14)25(23-18)16-9-8-13(20)12-15(16)21/h8-9,12,17,22H,2-7,10-11H2,1H3. The first-order valence-corrected chi connectivity index (χ1v) is 9.92. The van der Waals surface area contributed by atoms with E-state index in [9.17, 15) is 0 Å². The Labute approximate surface area is 159 Å². The first kappa shape index (κ1) is 17.2. The van der Waals surface area contributed by atoms with Crippen molar-refractivity contribution in [3.05, 3.63) is 39.5 Å².